The molecule has 0 saturated heterocycles. The second kappa shape index (κ2) is 10.0. The van der Waals surface area contributed by atoms with E-state index in [1.807, 2.05) is 12.1 Å². The number of halogens is 1. The van der Waals surface area contributed by atoms with E-state index in [2.05, 4.69) is 42.7 Å². The number of nitrogens with one attached hydrogen (secondary N) is 2. The number of hydrogen-bond acceptors (Lipinski definition) is 4. The van der Waals surface area contributed by atoms with E-state index in [9.17, 15) is 4.79 Å². The fourth-order valence-electron chi connectivity index (χ4n) is 2.89. The van der Waals surface area contributed by atoms with Crippen LogP contribution < -0.4 is 20.1 Å². The van der Waals surface area contributed by atoms with E-state index in [4.69, 9.17) is 21.1 Å². The summed E-state index contributed by atoms with van der Waals surface area (Å²) in [4.78, 5) is 12.2. The van der Waals surface area contributed by atoms with Crippen LogP contribution in [0.25, 0.3) is 0 Å². The lowest BCUT2D eigenvalue weighted by molar-refractivity contribution is -0.118. The number of carbonyl (C=O) groups excluding carboxylic acids is 1. The van der Waals surface area contributed by atoms with Crippen LogP contribution in [-0.2, 0) is 11.3 Å². The Morgan fingerprint density at radius 2 is 1.77 bits per heavy atom. The Kier molecular flexibility index (Phi) is 7.20. The zero-order valence-corrected chi connectivity index (χ0v) is 18.0. The molecular weight excluding hydrogens is 400 g/mol. The van der Waals surface area contributed by atoms with Crippen molar-refractivity contribution in [1.29, 1.82) is 0 Å². The van der Waals surface area contributed by atoms with Crippen LogP contribution >= 0.6 is 11.6 Å². The maximum Gasteiger partial charge on any atom is 0.262 e. The Balaban J connectivity index is 1.59. The summed E-state index contributed by atoms with van der Waals surface area (Å²) in [5.41, 5.74) is 5.16. The highest BCUT2D eigenvalue weighted by molar-refractivity contribution is 6.33. The first kappa shape index (κ1) is 21.5. The topological polar surface area (TPSA) is 59.6 Å². The maximum absolute atomic E-state index is 12.2. The van der Waals surface area contributed by atoms with Crippen LogP contribution in [0, 0.1) is 13.8 Å². The number of carbonyl (C=O) groups is 1. The van der Waals surface area contributed by atoms with E-state index >= 15 is 0 Å². The smallest absolute Gasteiger partial charge is 0.262 e. The Bertz CT molecular complexity index is 1040. The molecule has 0 aliphatic heterocycles. The normalized spacial score (nSPS) is 10.4. The number of rotatable bonds is 8. The highest BCUT2D eigenvalue weighted by Gasteiger charge is 2.10. The van der Waals surface area contributed by atoms with Crippen LogP contribution in [0.15, 0.2) is 60.7 Å². The van der Waals surface area contributed by atoms with Gasteiger partial charge in [-0.05, 0) is 66.9 Å². The van der Waals surface area contributed by atoms with Gasteiger partial charge in [-0.3, -0.25) is 4.79 Å². The van der Waals surface area contributed by atoms with Crippen molar-refractivity contribution in [3.63, 3.8) is 0 Å². The van der Waals surface area contributed by atoms with Crippen LogP contribution in [0.4, 0.5) is 11.4 Å². The predicted molar refractivity (Wildman–Crippen MR) is 122 cm³/mol. The molecule has 0 aromatic heterocycles. The van der Waals surface area contributed by atoms with Crippen molar-refractivity contribution in [3.05, 3.63) is 82.4 Å². The van der Waals surface area contributed by atoms with Gasteiger partial charge in [-0.25, -0.2) is 0 Å². The van der Waals surface area contributed by atoms with E-state index in [1.54, 1.807) is 37.4 Å². The average Bonchev–Trinajstić information content (AvgIpc) is 2.75. The second-order valence-electron chi connectivity index (χ2n) is 6.95. The SMILES string of the molecule is COc1cc(CNc2ccc(C)c(C)c2)ccc1OCC(=O)Nc1ccccc1Cl. The molecule has 0 unspecified atom stereocenters. The van der Waals surface area contributed by atoms with Crippen LogP contribution in [0.3, 0.4) is 0 Å². The van der Waals surface area contributed by atoms with E-state index in [1.165, 1.54) is 11.1 Å². The molecule has 0 fully saturated rings. The number of aryl methyl sites for hydroxylation is 2. The summed E-state index contributed by atoms with van der Waals surface area (Å²) in [6.07, 6.45) is 0. The van der Waals surface area contributed by atoms with Gasteiger partial charge in [0.15, 0.2) is 18.1 Å². The molecule has 3 aromatic rings. The van der Waals surface area contributed by atoms with E-state index in [0.29, 0.717) is 28.8 Å². The summed E-state index contributed by atoms with van der Waals surface area (Å²) >= 11 is 6.06. The van der Waals surface area contributed by atoms with Crippen molar-refractivity contribution >= 4 is 28.9 Å². The summed E-state index contributed by atoms with van der Waals surface area (Å²) in [5.74, 6) is 0.771. The lowest BCUT2D eigenvalue weighted by atomic mass is 10.1. The van der Waals surface area contributed by atoms with E-state index in [-0.39, 0.29) is 12.5 Å². The van der Waals surface area contributed by atoms with Gasteiger partial charge in [0.2, 0.25) is 0 Å². The molecule has 156 valence electrons. The summed E-state index contributed by atoms with van der Waals surface area (Å²) in [6, 6.07) is 19.0. The molecule has 0 aliphatic carbocycles. The molecule has 3 aromatic carbocycles. The number of benzene rings is 3. The molecule has 2 N–H and O–H groups in total. The minimum atomic E-state index is -0.300. The fraction of sp³-hybridized carbons (Fsp3) is 0.208. The lowest BCUT2D eigenvalue weighted by Crippen LogP contribution is -2.20. The van der Waals surface area contributed by atoms with Crippen molar-refractivity contribution < 1.29 is 14.3 Å². The molecule has 6 heteroatoms. The minimum Gasteiger partial charge on any atom is -0.493 e. The molecule has 0 atom stereocenters. The first-order valence-corrected chi connectivity index (χ1v) is 9.99. The summed E-state index contributed by atoms with van der Waals surface area (Å²) < 4.78 is 11.1. The number of amides is 1. The van der Waals surface area contributed by atoms with Gasteiger partial charge in [0.1, 0.15) is 0 Å². The fourth-order valence-corrected chi connectivity index (χ4v) is 3.07. The van der Waals surface area contributed by atoms with Crippen molar-refractivity contribution in [3.8, 4) is 11.5 Å². The van der Waals surface area contributed by atoms with Crippen LogP contribution in [-0.4, -0.2) is 19.6 Å². The number of para-hydroxylation sites is 1. The third-order valence-electron chi connectivity index (χ3n) is 4.74. The van der Waals surface area contributed by atoms with Crippen LogP contribution in [0.2, 0.25) is 5.02 Å². The highest BCUT2D eigenvalue weighted by Crippen LogP contribution is 2.29. The van der Waals surface area contributed by atoms with Crippen LogP contribution in [0.1, 0.15) is 16.7 Å². The largest absolute Gasteiger partial charge is 0.493 e. The molecule has 1 amide bonds. The zero-order valence-electron chi connectivity index (χ0n) is 17.3. The molecule has 0 saturated carbocycles. The van der Waals surface area contributed by atoms with Gasteiger partial charge in [0.25, 0.3) is 5.91 Å². The number of anilines is 2. The third-order valence-corrected chi connectivity index (χ3v) is 5.07. The minimum absolute atomic E-state index is 0.151. The molecule has 0 bridgehead atoms. The van der Waals surface area contributed by atoms with E-state index in [0.717, 1.165) is 11.3 Å². The molecule has 0 heterocycles. The molecule has 0 radical (unpaired) electrons. The average molecular weight is 425 g/mol. The molecule has 3 rings (SSSR count). The Morgan fingerprint density at radius 3 is 2.50 bits per heavy atom. The van der Waals surface area contributed by atoms with Crippen molar-refractivity contribution in [1.82, 2.24) is 0 Å². The Morgan fingerprint density at radius 1 is 0.967 bits per heavy atom. The summed E-state index contributed by atoms with van der Waals surface area (Å²) in [7, 11) is 1.58. The Labute approximate surface area is 182 Å². The first-order valence-electron chi connectivity index (χ1n) is 9.61. The Hall–Kier alpha value is -3.18. The van der Waals surface area contributed by atoms with Crippen molar-refractivity contribution in [2.75, 3.05) is 24.4 Å². The van der Waals surface area contributed by atoms with Gasteiger partial charge in [0.05, 0.1) is 17.8 Å². The monoisotopic (exact) mass is 424 g/mol. The van der Waals surface area contributed by atoms with Crippen molar-refractivity contribution in [2.45, 2.75) is 20.4 Å². The van der Waals surface area contributed by atoms with Gasteiger partial charge >= 0.3 is 0 Å². The molecule has 0 aliphatic rings. The second-order valence-corrected chi connectivity index (χ2v) is 7.36. The van der Waals surface area contributed by atoms with E-state index < -0.39 is 0 Å². The predicted octanol–water partition coefficient (Wildman–Crippen LogP) is 5.60. The molecular formula is C24H25ClN2O3. The first-order chi connectivity index (χ1) is 14.5. The van der Waals surface area contributed by atoms with Gasteiger partial charge in [0, 0.05) is 12.2 Å². The van der Waals surface area contributed by atoms with Crippen LogP contribution in [0.5, 0.6) is 11.5 Å². The molecule has 30 heavy (non-hydrogen) atoms. The lowest BCUT2D eigenvalue weighted by Gasteiger charge is -2.14. The standard InChI is InChI=1S/C24H25ClN2O3/c1-16-8-10-19(12-17(16)2)26-14-18-9-11-22(23(13-18)29-3)30-15-24(28)27-21-7-5-4-6-20(21)25/h4-13,26H,14-15H2,1-3H3,(H,27,28). The molecule has 0 spiro atoms. The van der Waals surface area contributed by atoms with Crippen molar-refractivity contribution in [2.24, 2.45) is 0 Å². The van der Waals surface area contributed by atoms with Gasteiger partial charge < -0.3 is 20.1 Å². The summed E-state index contributed by atoms with van der Waals surface area (Å²) in [6.45, 7) is 4.68. The van der Waals surface area contributed by atoms with Gasteiger partial charge in [-0.15, -0.1) is 0 Å². The summed E-state index contributed by atoms with van der Waals surface area (Å²) in [5, 5.41) is 6.62. The quantitative estimate of drug-likeness (QED) is 0.494. The molecule has 5 nitrogen and oxygen atoms in total. The van der Waals surface area contributed by atoms with Gasteiger partial charge in [-0.1, -0.05) is 35.9 Å². The number of ether oxygens (including phenoxy) is 2. The maximum atomic E-state index is 12.2. The third kappa shape index (κ3) is 5.67. The van der Waals surface area contributed by atoms with Gasteiger partial charge in [-0.2, -0.15) is 0 Å². The number of methoxy groups -OCH3 is 1. The zero-order chi connectivity index (χ0) is 21.5. The highest BCUT2D eigenvalue weighted by atomic mass is 35.5. The number of hydrogen-bond donors (Lipinski definition) is 2.